The van der Waals surface area contributed by atoms with Crippen molar-refractivity contribution in [2.75, 3.05) is 7.11 Å². The van der Waals surface area contributed by atoms with E-state index < -0.39 is 20.9 Å². The molecule has 0 aliphatic carbocycles. The van der Waals surface area contributed by atoms with Gasteiger partial charge in [-0.05, 0) is 36.4 Å². The van der Waals surface area contributed by atoms with Crippen LogP contribution >= 0.6 is 34.8 Å². The first-order valence-corrected chi connectivity index (χ1v) is 8.27. The molecule has 0 heterocycles. The van der Waals surface area contributed by atoms with E-state index in [-0.39, 0.29) is 11.4 Å². The van der Waals surface area contributed by atoms with Crippen LogP contribution in [0.5, 0.6) is 11.5 Å². The summed E-state index contributed by atoms with van der Waals surface area (Å²) >= 11 is 17.6. The van der Waals surface area contributed by atoms with Gasteiger partial charge >= 0.3 is 0 Å². The standard InChI is InChI=1S/C16H13Cl3N2O5/c1-25-12-6-2-10(3-7-12)14(22)20-15(16(17,18)19)26-13-8-4-11(5-9-13)21(23)24/h2-9,15H,1H3,(H,20,22)/t15-/m0/s1. The van der Waals surface area contributed by atoms with Gasteiger partial charge in [0, 0.05) is 17.7 Å². The summed E-state index contributed by atoms with van der Waals surface area (Å²) in [5, 5.41) is 13.1. The number of nitrogens with one attached hydrogen (secondary N) is 1. The number of halogens is 3. The largest absolute Gasteiger partial charge is 0.497 e. The first-order valence-electron chi connectivity index (χ1n) is 7.13. The molecule has 0 aliphatic heterocycles. The Hall–Kier alpha value is -2.22. The summed E-state index contributed by atoms with van der Waals surface area (Å²) in [6, 6.07) is 11.4. The molecule has 0 aromatic heterocycles. The van der Waals surface area contributed by atoms with Crippen LogP contribution in [0.4, 0.5) is 5.69 Å². The second-order valence-electron chi connectivity index (χ2n) is 4.99. The molecule has 0 unspecified atom stereocenters. The highest BCUT2D eigenvalue weighted by molar-refractivity contribution is 6.68. The monoisotopic (exact) mass is 418 g/mol. The molecule has 0 radical (unpaired) electrons. The van der Waals surface area contributed by atoms with Crippen LogP contribution in [0.15, 0.2) is 48.5 Å². The van der Waals surface area contributed by atoms with Gasteiger partial charge in [0.2, 0.25) is 10.0 Å². The van der Waals surface area contributed by atoms with E-state index in [0.717, 1.165) is 0 Å². The minimum atomic E-state index is -1.98. The number of hydrogen-bond acceptors (Lipinski definition) is 5. The summed E-state index contributed by atoms with van der Waals surface area (Å²) in [5.41, 5.74) is 0.183. The number of amides is 1. The summed E-state index contributed by atoms with van der Waals surface area (Å²) in [4.78, 5) is 22.5. The van der Waals surface area contributed by atoms with E-state index in [4.69, 9.17) is 44.3 Å². The van der Waals surface area contributed by atoms with Crippen molar-refractivity contribution in [2.24, 2.45) is 0 Å². The van der Waals surface area contributed by atoms with Gasteiger partial charge in [-0.1, -0.05) is 34.8 Å². The van der Waals surface area contributed by atoms with E-state index in [0.29, 0.717) is 11.3 Å². The number of ether oxygens (including phenoxy) is 2. The van der Waals surface area contributed by atoms with Crippen LogP contribution in [0.1, 0.15) is 10.4 Å². The zero-order valence-electron chi connectivity index (χ0n) is 13.3. The maximum atomic E-state index is 12.3. The Labute approximate surface area is 163 Å². The van der Waals surface area contributed by atoms with E-state index in [1.165, 1.54) is 43.5 Å². The summed E-state index contributed by atoms with van der Waals surface area (Å²) in [5.74, 6) is 0.231. The number of carbonyl (C=O) groups is 1. The highest BCUT2D eigenvalue weighted by atomic mass is 35.6. The predicted molar refractivity (Wildman–Crippen MR) is 98.3 cm³/mol. The molecule has 1 atom stereocenters. The molecule has 2 rings (SSSR count). The molecule has 0 aliphatic rings. The minimum absolute atomic E-state index is 0.120. The topological polar surface area (TPSA) is 90.7 Å². The van der Waals surface area contributed by atoms with Gasteiger partial charge in [-0.25, -0.2) is 0 Å². The zero-order valence-corrected chi connectivity index (χ0v) is 15.6. The van der Waals surface area contributed by atoms with Gasteiger partial charge in [-0.3, -0.25) is 14.9 Å². The van der Waals surface area contributed by atoms with Crippen LogP contribution in [-0.4, -0.2) is 28.0 Å². The van der Waals surface area contributed by atoms with Crippen LogP contribution < -0.4 is 14.8 Å². The number of nitro benzene ring substituents is 1. The van der Waals surface area contributed by atoms with Gasteiger partial charge in [0.1, 0.15) is 11.5 Å². The normalized spacial score (nSPS) is 12.2. The first-order chi connectivity index (χ1) is 12.2. The Morgan fingerprint density at radius 2 is 1.62 bits per heavy atom. The first kappa shape index (κ1) is 20.1. The van der Waals surface area contributed by atoms with Crippen molar-refractivity contribution in [2.45, 2.75) is 10.0 Å². The van der Waals surface area contributed by atoms with Gasteiger partial charge in [0.25, 0.3) is 11.6 Å². The fourth-order valence-electron chi connectivity index (χ4n) is 1.91. The lowest BCUT2D eigenvalue weighted by atomic mass is 10.2. The molecule has 2 aromatic carbocycles. The smallest absolute Gasteiger partial charge is 0.269 e. The number of benzene rings is 2. The molecule has 0 saturated carbocycles. The summed E-state index contributed by atoms with van der Waals surface area (Å²) in [6.45, 7) is 0. The molecule has 26 heavy (non-hydrogen) atoms. The minimum Gasteiger partial charge on any atom is -0.497 e. The maximum absolute atomic E-state index is 12.3. The third kappa shape index (κ3) is 5.39. The predicted octanol–water partition coefficient (Wildman–Crippen LogP) is 4.11. The van der Waals surface area contributed by atoms with E-state index >= 15 is 0 Å². The maximum Gasteiger partial charge on any atom is 0.269 e. The van der Waals surface area contributed by atoms with Gasteiger partial charge < -0.3 is 14.8 Å². The zero-order chi connectivity index (χ0) is 19.3. The number of rotatable bonds is 6. The number of nitro groups is 1. The molecule has 10 heteroatoms. The number of nitrogens with zero attached hydrogens (tertiary/aromatic N) is 1. The number of hydrogen-bond donors (Lipinski definition) is 1. The van der Waals surface area contributed by atoms with E-state index in [9.17, 15) is 14.9 Å². The Bertz CT molecular complexity index is 776. The van der Waals surface area contributed by atoms with E-state index in [1.54, 1.807) is 12.1 Å². The van der Waals surface area contributed by atoms with Crippen molar-refractivity contribution in [3.05, 3.63) is 64.2 Å². The lowest BCUT2D eigenvalue weighted by Gasteiger charge is -2.26. The van der Waals surface area contributed by atoms with Crippen LogP contribution in [0.3, 0.4) is 0 Å². The molecule has 7 nitrogen and oxygen atoms in total. The lowest BCUT2D eigenvalue weighted by Crippen LogP contribution is -2.47. The van der Waals surface area contributed by atoms with Gasteiger partial charge in [-0.15, -0.1) is 0 Å². The average molecular weight is 420 g/mol. The molecule has 0 fully saturated rings. The molecule has 0 spiro atoms. The summed E-state index contributed by atoms with van der Waals surface area (Å²) < 4.78 is 8.52. The van der Waals surface area contributed by atoms with Crippen molar-refractivity contribution < 1.29 is 19.2 Å². The summed E-state index contributed by atoms with van der Waals surface area (Å²) in [7, 11) is 1.51. The van der Waals surface area contributed by atoms with Crippen molar-refractivity contribution in [3.8, 4) is 11.5 Å². The second kappa shape index (κ2) is 8.44. The van der Waals surface area contributed by atoms with Crippen LogP contribution in [0.25, 0.3) is 0 Å². The fraction of sp³-hybridized carbons (Fsp3) is 0.188. The lowest BCUT2D eigenvalue weighted by molar-refractivity contribution is -0.384. The second-order valence-corrected chi connectivity index (χ2v) is 7.36. The number of alkyl halides is 3. The molecule has 138 valence electrons. The average Bonchev–Trinajstić information content (AvgIpc) is 2.60. The van der Waals surface area contributed by atoms with Crippen molar-refractivity contribution in [1.82, 2.24) is 5.32 Å². The van der Waals surface area contributed by atoms with Crippen molar-refractivity contribution >= 4 is 46.4 Å². The van der Waals surface area contributed by atoms with Gasteiger partial charge in [0.05, 0.1) is 12.0 Å². The Morgan fingerprint density at radius 3 is 2.08 bits per heavy atom. The Balaban J connectivity index is 2.13. The van der Waals surface area contributed by atoms with E-state index in [1.807, 2.05) is 0 Å². The highest BCUT2D eigenvalue weighted by Crippen LogP contribution is 2.32. The van der Waals surface area contributed by atoms with Crippen molar-refractivity contribution in [1.29, 1.82) is 0 Å². The van der Waals surface area contributed by atoms with Crippen LogP contribution in [-0.2, 0) is 0 Å². The molecular weight excluding hydrogens is 407 g/mol. The van der Waals surface area contributed by atoms with Crippen LogP contribution in [0, 0.1) is 10.1 Å². The third-order valence-electron chi connectivity index (χ3n) is 3.21. The number of carbonyl (C=O) groups excluding carboxylic acids is 1. The molecular formula is C16H13Cl3N2O5. The Kier molecular flexibility index (Phi) is 6.52. The molecule has 1 N–H and O–H groups in total. The molecule has 2 aromatic rings. The van der Waals surface area contributed by atoms with Crippen molar-refractivity contribution in [3.63, 3.8) is 0 Å². The summed E-state index contributed by atoms with van der Waals surface area (Å²) in [6.07, 6.45) is -1.33. The number of non-ortho nitro benzene ring substituents is 1. The third-order valence-corrected chi connectivity index (χ3v) is 3.81. The fourth-order valence-corrected chi connectivity index (χ4v) is 2.20. The molecule has 1 amide bonds. The van der Waals surface area contributed by atoms with Gasteiger partial charge in [0.15, 0.2) is 0 Å². The molecule has 0 saturated heterocycles. The van der Waals surface area contributed by atoms with E-state index in [2.05, 4.69) is 5.32 Å². The molecule has 0 bridgehead atoms. The van der Waals surface area contributed by atoms with Gasteiger partial charge in [-0.2, -0.15) is 0 Å². The van der Waals surface area contributed by atoms with Crippen LogP contribution in [0.2, 0.25) is 0 Å². The Morgan fingerprint density at radius 1 is 1.08 bits per heavy atom. The highest BCUT2D eigenvalue weighted by Gasteiger charge is 2.36. The SMILES string of the molecule is COc1ccc(C(=O)N[C@@H](Oc2ccc([N+](=O)[O-])cc2)C(Cl)(Cl)Cl)cc1. The number of methoxy groups -OCH3 is 1. The quantitative estimate of drug-likeness (QED) is 0.329.